The number of para-hydroxylation sites is 1. The highest BCUT2D eigenvalue weighted by molar-refractivity contribution is 5.89. The number of allylic oxidation sites excluding steroid dienone is 3. The fourth-order valence-electron chi connectivity index (χ4n) is 7.45. The number of ether oxygens (including phenoxy) is 1. The number of hydrogen-bond acceptors (Lipinski definition) is 2. The Morgan fingerprint density at radius 3 is 2.71 bits per heavy atom. The van der Waals surface area contributed by atoms with Crippen LogP contribution in [0.25, 0.3) is 34.4 Å². The molecule has 2 nitrogen and oxygen atoms in total. The molecule has 38 heavy (non-hydrogen) atoms. The Hall–Kier alpha value is -3.78. The van der Waals surface area contributed by atoms with Crippen LogP contribution in [0.3, 0.4) is 0 Å². The van der Waals surface area contributed by atoms with Gasteiger partial charge in [0.25, 0.3) is 0 Å². The van der Waals surface area contributed by atoms with Gasteiger partial charge in [0.15, 0.2) is 0 Å². The summed E-state index contributed by atoms with van der Waals surface area (Å²) in [6.07, 6.45) is 16.2. The molecule has 0 aromatic heterocycles. The topological polar surface area (TPSA) is 21.3 Å². The predicted molar refractivity (Wildman–Crippen MR) is 159 cm³/mol. The normalized spacial score (nSPS) is 24.9. The van der Waals surface area contributed by atoms with Crippen LogP contribution >= 0.6 is 0 Å². The zero-order valence-corrected chi connectivity index (χ0v) is 22.3. The highest BCUT2D eigenvalue weighted by Crippen LogP contribution is 2.55. The zero-order valence-electron chi connectivity index (χ0n) is 22.3. The van der Waals surface area contributed by atoms with Crippen molar-refractivity contribution in [2.24, 2.45) is 5.41 Å². The summed E-state index contributed by atoms with van der Waals surface area (Å²) in [5.74, 6) is 1.69. The molecule has 0 bridgehead atoms. The predicted octanol–water partition coefficient (Wildman–Crippen LogP) is 9.12. The summed E-state index contributed by atoms with van der Waals surface area (Å²) >= 11 is 0. The van der Waals surface area contributed by atoms with Gasteiger partial charge < -0.3 is 10.1 Å². The third-order valence-corrected chi connectivity index (χ3v) is 9.55. The maximum absolute atomic E-state index is 7.20. The average molecular weight is 496 g/mol. The maximum atomic E-state index is 7.20. The van der Waals surface area contributed by atoms with Crippen molar-refractivity contribution in [3.63, 3.8) is 0 Å². The minimum Gasteiger partial charge on any atom is -0.484 e. The van der Waals surface area contributed by atoms with E-state index in [1.807, 2.05) is 0 Å². The minimum atomic E-state index is 0.0357. The molecule has 0 saturated carbocycles. The van der Waals surface area contributed by atoms with Gasteiger partial charge in [0.2, 0.25) is 0 Å². The van der Waals surface area contributed by atoms with Crippen molar-refractivity contribution in [3.8, 4) is 28.0 Å². The van der Waals surface area contributed by atoms with Crippen molar-refractivity contribution in [1.82, 2.24) is 0 Å². The summed E-state index contributed by atoms with van der Waals surface area (Å²) in [5, 5.41) is 3.63. The first kappa shape index (κ1) is 22.2. The van der Waals surface area contributed by atoms with Crippen LogP contribution in [0.5, 0.6) is 5.75 Å². The molecule has 188 valence electrons. The van der Waals surface area contributed by atoms with Gasteiger partial charge >= 0.3 is 0 Å². The fourth-order valence-corrected chi connectivity index (χ4v) is 7.45. The molecule has 3 aromatic carbocycles. The number of fused-ring (bicyclic) bond motifs is 9. The molecule has 8 rings (SSSR count). The largest absolute Gasteiger partial charge is 0.484 e. The van der Waals surface area contributed by atoms with Crippen molar-refractivity contribution in [2.45, 2.75) is 51.6 Å². The SMILES string of the molecule is CC1C=Cc2c1ccc1c2OC2C3=C(C=CC2c2cc(-c4cccc5c4NCC=C5)ccc2-1)C(C)(C)CC3. The third-order valence-electron chi connectivity index (χ3n) is 9.55. The Morgan fingerprint density at radius 2 is 1.79 bits per heavy atom. The van der Waals surface area contributed by atoms with Gasteiger partial charge in [-0.3, -0.25) is 0 Å². The van der Waals surface area contributed by atoms with E-state index in [9.17, 15) is 0 Å². The van der Waals surface area contributed by atoms with Gasteiger partial charge in [-0.05, 0) is 63.3 Å². The van der Waals surface area contributed by atoms with Crippen LogP contribution in [-0.2, 0) is 0 Å². The van der Waals surface area contributed by atoms with Crippen molar-refractivity contribution < 1.29 is 4.74 Å². The lowest BCUT2D eigenvalue weighted by Gasteiger charge is -2.32. The summed E-state index contributed by atoms with van der Waals surface area (Å²) < 4.78 is 7.20. The molecule has 2 heteroatoms. The number of benzene rings is 3. The third kappa shape index (κ3) is 3.07. The summed E-state index contributed by atoms with van der Waals surface area (Å²) in [7, 11) is 0. The van der Waals surface area contributed by atoms with Crippen LogP contribution in [0.2, 0.25) is 0 Å². The highest BCUT2D eigenvalue weighted by Gasteiger charge is 2.43. The molecule has 3 atom stereocenters. The Kier molecular flexibility index (Phi) is 4.60. The van der Waals surface area contributed by atoms with E-state index in [1.165, 1.54) is 67.8 Å². The first-order valence-corrected chi connectivity index (χ1v) is 14.1. The van der Waals surface area contributed by atoms with E-state index in [0.717, 1.165) is 18.7 Å². The molecular weight excluding hydrogens is 462 g/mol. The lowest BCUT2D eigenvalue weighted by molar-refractivity contribution is 0.219. The minimum absolute atomic E-state index is 0.0357. The van der Waals surface area contributed by atoms with E-state index in [4.69, 9.17) is 4.74 Å². The summed E-state index contributed by atoms with van der Waals surface area (Å²) in [6.45, 7) is 7.92. The van der Waals surface area contributed by atoms with E-state index in [2.05, 4.69) is 111 Å². The molecule has 0 saturated heterocycles. The zero-order chi connectivity index (χ0) is 25.6. The van der Waals surface area contributed by atoms with E-state index < -0.39 is 0 Å². The number of anilines is 1. The van der Waals surface area contributed by atoms with E-state index in [0.29, 0.717) is 5.92 Å². The molecule has 0 fully saturated rings. The first-order valence-electron chi connectivity index (χ1n) is 14.1. The maximum Gasteiger partial charge on any atom is 0.135 e. The highest BCUT2D eigenvalue weighted by atomic mass is 16.5. The standard InChI is InChI=1S/C36H33NO/c1-21-9-11-27-24(21)13-14-28-26-12-10-23(25-8-4-6-22-7-5-19-37-33(22)25)20-31(26)29-15-16-32-30(17-18-36(32,2)3)35(29)38-34(27)28/h4-16,20-21,29,35,37H,17-19H2,1-3H3. The molecule has 2 heterocycles. The molecule has 2 aliphatic heterocycles. The Morgan fingerprint density at radius 1 is 0.895 bits per heavy atom. The van der Waals surface area contributed by atoms with Crippen LogP contribution in [-0.4, -0.2) is 12.6 Å². The fraction of sp³-hybridized carbons (Fsp3) is 0.278. The van der Waals surface area contributed by atoms with Gasteiger partial charge in [0, 0.05) is 40.8 Å². The number of nitrogens with one attached hydrogen (secondary N) is 1. The Labute approximate surface area is 225 Å². The molecule has 3 unspecified atom stereocenters. The second kappa shape index (κ2) is 7.86. The van der Waals surface area contributed by atoms with E-state index in [-0.39, 0.29) is 17.4 Å². The van der Waals surface area contributed by atoms with E-state index >= 15 is 0 Å². The van der Waals surface area contributed by atoms with Crippen LogP contribution in [0.1, 0.15) is 67.7 Å². The van der Waals surface area contributed by atoms with Gasteiger partial charge in [-0.1, -0.05) is 99.7 Å². The molecule has 3 aromatic rings. The summed E-state index contributed by atoms with van der Waals surface area (Å²) in [4.78, 5) is 0. The molecule has 1 N–H and O–H groups in total. The van der Waals surface area contributed by atoms with Crippen molar-refractivity contribution in [3.05, 3.63) is 106 Å². The lowest BCUT2D eigenvalue weighted by Crippen LogP contribution is -2.29. The summed E-state index contributed by atoms with van der Waals surface area (Å²) in [6, 6.07) is 18.3. The van der Waals surface area contributed by atoms with E-state index in [1.54, 1.807) is 0 Å². The second-order valence-electron chi connectivity index (χ2n) is 12.2. The van der Waals surface area contributed by atoms with Gasteiger partial charge in [0.1, 0.15) is 11.9 Å². The van der Waals surface area contributed by atoms with Crippen LogP contribution < -0.4 is 10.1 Å². The average Bonchev–Trinajstić information content (AvgIpc) is 3.42. The molecule has 0 amide bonds. The van der Waals surface area contributed by atoms with Crippen LogP contribution in [0, 0.1) is 5.41 Å². The molecule has 0 spiro atoms. The smallest absolute Gasteiger partial charge is 0.135 e. The number of rotatable bonds is 1. The van der Waals surface area contributed by atoms with Gasteiger partial charge in [-0.25, -0.2) is 0 Å². The number of hydrogen-bond donors (Lipinski definition) is 1. The van der Waals surface area contributed by atoms with Crippen LogP contribution in [0.4, 0.5) is 5.69 Å². The van der Waals surface area contributed by atoms with Gasteiger partial charge in [-0.2, -0.15) is 0 Å². The lowest BCUT2D eigenvalue weighted by atomic mass is 9.77. The Bertz CT molecular complexity index is 1650. The van der Waals surface area contributed by atoms with Crippen molar-refractivity contribution >= 4 is 17.8 Å². The van der Waals surface area contributed by atoms with Crippen molar-refractivity contribution in [1.29, 1.82) is 0 Å². The van der Waals surface area contributed by atoms with Gasteiger partial charge in [-0.15, -0.1) is 0 Å². The van der Waals surface area contributed by atoms with Gasteiger partial charge in [0.05, 0.1) is 0 Å². The van der Waals surface area contributed by atoms with Crippen molar-refractivity contribution in [2.75, 3.05) is 11.9 Å². The quantitative estimate of drug-likeness (QED) is 0.363. The molecule has 0 radical (unpaired) electrons. The molecule has 5 aliphatic rings. The first-order chi connectivity index (χ1) is 18.5. The summed E-state index contributed by atoms with van der Waals surface area (Å²) in [5.41, 5.74) is 14.8. The Balaban J connectivity index is 1.36. The monoisotopic (exact) mass is 495 g/mol. The molecule has 3 aliphatic carbocycles. The second-order valence-corrected chi connectivity index (χ2v) is 12.2. The van der Waals surface area contributed by atoms with Crippen LogP contribution in [0.15, 0.2) is 84.0 Å². The molecular formula is C36H33NO.